The number of nitrogens with zero attached hydrogens (tertiary/aromatic N) is 3. The summed E-state index contributed by atoms with van der Waals surface area (Å²) in [5.74, 6) is -0.750. The summed E-state index contributed by atoms with van der Waals surface area (Å²) in [4.78, 5) is 20.8. The first kappa shape index (κ1) is 28.7. The van der Waals surface area contributed by atoms with Crippen molar-refractivity contribution in [2.75, 3.05) is 30.1 Å². The van der Waals surface area contributed by atoms with Crippen molar-refractivity contribution >= 4 is 51.3 Å². The van der Waals surface area contributed by atoms with E-state index in [-0.39, 0.29) is 29.2 Å². The summed E-state index contributed by atoms with van der Waals surface area (Å²) in [5.41, 5.74) is 6.44. The van der Waals surface area contributed by atoms with E-state index in [1.54, 1.807) is 23.1 Å². The zero-order valence-corrected chi connectivity index (χ0v) is 22.1. The number of carbonyl (C=O) groups is 1. The van der Waals surface area contributed by atoms with Crippen LogP contribution >= 0.6 is 28.3 Å². The lowest BCUT2D eigenvalue weighted by molar-refractivity contribution is -0.137. The van der Waals surface area contributed by atoms with Gasteiger partial charge in [-0.2, -0.15) is 13.2 Å². The maximum Gasteiger partial charge on any atom is 0.416 e. The van der Waals surface area contributed by atoms with E-state index in [0.717, 1.165) is 18.6 Å². The second kappa shape index (κ2) is 11.7. The number of benzene rings is 2. The van der Waals surface area contributed by atoms with Gasteiger partial charge in [0.1, 0.15) is 17.1 Å². The van der Waals surface area contributed by atoms with Crippen LogP contribution in [-0.2, 0) is 12.6 Å². The van der Waals surface area contributed by atoms with Crippen LogP contribution in [0.2, 0.25) is 0 Å². The van der Waals surface area contributed by atoms with Crippen molar-refractivity contribution in [1.82, 2.24) is 4.98 Å². The first-order chi connectivity index (χ1) is 17.1. The van der Waals surface area contributed by atoms with Gasteiger partial charge < -0.3 is 15.4 Å². The van der Waals surface area contributed by atoms with Crippen LogP contribution in [0, 0.1) is 5.82 Å². The predicted octanol–water partition coefficient (Wildman–Crippen LogP) is 6.47. The third-order valence-corrected chi connectivity index (χ3v) is 6.49. The molecular formula is C25H24BrClF4N4O2. The molecule has 6 nitrogen and oxygen atoms in total. The smallest absolute Gasteiger partial charge is 0.416 e. The van der Waals surface area contributed by atoms with E-state index in [1.165, 1.54) is 30.2 Å². The molecular weight excluding hydrogens is 580 g/mol. The summed E-state index contributed by atoms with van der Waals surface area (Å²) in [5, 5.41) is 0. The van der Waals surface area contributed by atoms with Crippen LogP contribution in [0.4, 0.5) is 34.6 Å². The highest BCUT2D eigenvalue weighted by Crippen LogP contribution is 2.41. The average molecular weight is 604 g/mol. The Balaban J connectivity index is 0.00000380. The van der Waals surface area contributed by atoms with Gasteiger partial charge in [0.2, 0.25) is 5.88 Å². The van der Waals surface area contributed by atoms with Crippen LogP contribution < -0.4 is 20.3 Å². The van der Waals surface area contributed by atoms with Crippen LogP contribution in [-0.4, -0.2) is 31.2 Å². The van der Waals surface area contributed by atoms with E-state index in [9.17, 15) is 22.4 Å². The fourth-order valence-corrected chi connectivity index (χ4v) is 4.66. The Morgan fingerprint density at radius 3 is 2.38 bits per heavy atom. The van der Waals surface area contributed by atoms with Gasteiger partial charge in [0.05, 0.1) is 29.6 Å². The Morgan fingerprint density at radius 2 is 1.73 bits per heavy atom. The summed E-state index contributed by atoms with van der Waals surface area (Å²) in [6.07, 6.45) is -2.68. The van der Waals surface area contributed by atoms with Crippen molar-refractivity contribution in [3.8, 4) is 5.88 Å². The van der Waals surface area contributed by atoms with E-state index in [1.807, 2.05) is 0 Å². The molecule has 0 aliphatic carbocycles. The third kappa shape index (κ3) is 6.00. The molecule has 1 aliphatic rings. The maximum atomic E-state index is 14.2. The van der Waals surface area contributed by atoms with Gasteiger partial charge in [-0.3, -0.25) is 9.69 Å². The Hall–Kier alpha value is -2.89. The van der Waals surface area contributed by atoms with Crippen LogP contribution in [0.25, 0.3) is 0 Å². The van der Waals surface area contributed by atoms with Gasteiger partial charge in [-0.05, 0) is 89.8 Å². The number of hydrogen-bond acceptors (Lipinski definition) is 5. The molecule has 0 spiro atoms. The fourth-order valence-electron chi connectivity index (χ4n) is 4.14. The normalized spacial score (nSPS) is 13.3. The highest BCUT2D eigenvalue weighted by molar-refractivity contribution is 9.10. The molecule has 12 heteroatoms. The van der Waals surface area contributed by atoms with Crippen molar-refractivity contribution in [3.63, 3.8) is 0 Å². The number of unbranched alkanes of at least 4 members (excludes halogenated alkanes) is 1. The minimum Gasteiger partial charge on any atom is -0.481 e. The molecule has 0 radical (unpaired) electrons. The van der Waals surface area contributed by atoms with E-state index in [0.29, 0.717) is 47.9 Å². The molecule has 0 atom stereocenters. The highest BCUT2D eigenvalue weighted by Gasteiger charge is 2.37. The second-order valence-corrected chi connectivity index (χ2v) is 8.97. The summed E-state index contributed by atoms with van der Waals surface area (Å²) in [6.45, 7) is 0.456. The zero-order chi connectivity index (χ0) is 26.0. The van der Waals surface area contributed by atoms with Crippen LogP contribution in [0.15, 0.2) is 53.1 Å². The average Bonchev–Trinajstić information content (AvgIpc) is 2.84. The summed E-state index contributed by atoms with van der Waals surface area (Å²) >= 11 is 3.33. The van der Waals surface area contributed by atoms with Crippen LogP contribution in [0.3, 0.4) is 0 Å². The van der Waals surface area contributed by atoms with Crippen LogP contribution in [0.1, 0.15) is 34.3 Å². The first-order valence-electron chi connectivity index (χ1n) is 11.1. The largest absolute Gasteiger partial charge is 0.481 e. The Morgan fingerprint density at radius 1 is 1.03 bits per heavy atom. The maximum absolute atomic E-state index is 14.2. The standard InChI is InChI=1S/C25H23BrF4N4O2.ClH/c1-36-22-10-9-21(23(26)32-22)34-14-33(19-8-6-17(27)12-15(19)4-2-3-11-31)20-7-5-16(25(28,29)30)13-18(20)24(34)35;/h5-10,12-13H,2-4,11,14,31H2,1H3;1H. The molecule has 4 rings (SSSR count). The number of alkyl halides is 3. The third-order valence-electron chi connectivity index (χ3n) is 5.91. The molecule has 0 bridgehead atoms. The quantitative estimate of drug-likeness (QED) is 0.190. The monoisotopic (exact) mass is 602 g/mol. The lowest BCUT2D eigenvalue weighted by Crippen LogP contribution is -2.45. The Kier molecular flexibility index (Phi) is 9.04. The van der Waals surface area contributed by atoms with Gasteiger partial charge in [-0.15, -0.1) is 12.4 Å². The number of ether oxygens (including phenoxy) is 1. The van der Waals surface area contributed by atoms with Gasteiger partial charge >= 0.3 is 6.18 Å². The molecule has 37 heavy (non-hydrogen) atoms. The lowest BCUT2D eigenvalue weighted by Gasteiger charge is -2.39. The fraction of sp³-hybridized carbons (Fsp3) is 0.280. The van der Waals surface area contributed by atoms with E-state index >= 15 is 0 Å². The molecule has 2 heterocycles. The molecule has 2 N–H and O–H groups in total. The topological polar surface area (TPSA) is 71.7 Å². The number of methoxy groups -OCH3 is 1. The SMILES string of the molecule is COc1ccc(N2CN(c3ccc(F)cc3CCCCN)c3ccc(C(F)(F)F)cc3C2=O)c(Br)n1.Cl. The molecule has 198 valence electrons. The van der Waals surface area contributed by atoms with Crippen molar-refractivity contribution in [3.05, 3.63) is 75.6 Å². The molecule has 0 saturated carbocycles. The second-order valence-electron chi connectivity index (χ2n) is 8.21. The first-order valence-corrected chi connectivity index (χ1v) is 11.9. The predicted molar refractivity (Wildman–Crippen MR) is 139 cm³/mol. The Labute approximate surface area is 225 Å². The van der Waals surface area contributed by atoms with E-state index < -0.39 is 23.5 Å². The molecule has 1 aromatic heterocycles. The minimum absolute atomic E-state index is 0. The summed E-state index contributed by atoms with van der Waals surface area (Å²) in [7, 11) is 1.44. The van der Waals surface area contributed by atoms with Crippen molar-refractivity contribution < 1.29 is 27.1 Å². The molecule has 3 aromatic rings. The number of hydrogen-bond donors (Lipinski definition) is 1. The van der Waals surface area contributed by atoms with Gasteiger partial charge in [0.25, 0.3) is 5.91 Å². The minimum atomic E-state index is -4.63. The van der Waals surface area contributed by atoms with E-state index in [2.05, 4.69) is 20.9 Å². The molecule has 1 aliphatic heterocycles. The molecule has 1 amide bonds. The number of amides is 1. The molecule has 0 unspecified atom stereocenters. The number of rotatable bonds is 7. The number of halogens is 6. The Bertz CT molecular complexity index is 1290. The highest BCUT2D eigenvalue weighted by atomic mass is 79.9. The number of nitrogens with two attached hydrogens (primary N) is 1. The van der Waals surface area contributed by atoms with Crippen molar-refractivity contribution in [2.24, 2.45) is 5.73 Å². The lowest BCUT2D eigenvalue weighted by atomic mass is 10.00. The number of carbonyl (C=O) groups excluding carboxylic acids is 1. The van der Waals surface area contributed by atoms with Gasteiger partial charge in [0.15, 0.2) is 0 Å². The van der Waals surface area contributed by atoms with Crippen molar-refractivity contribution in [1.29, 1.82) is 0 Å². The molecule has 0 saturated heterocycles. The number of aryl methyl sites for hydroxylation is 1. The van der Waals surface area contributed by atoms with E-state index in [4.69, 9.17) is 10.5 Å². The summed E-state index contributed by atoms with van der Waals surface area (Å²) in [6, 6.07) is 10.5. The number of aromatic nitrogens is 1. The number of anilines is 3. The summed E-state index contributed by atoms with van der Waals surface area (Å²) < 4.78 is 60.2. The number of fused-ring (bicyclic) bond motifs is 1. The zero-order valence-electron chi connectivity index (χ0n) is 19.7. The number of pyridine rings is 1. The molecule has 0 fully saturated rings. The van der Waals surface area contributed by atoms with Gasteiger partial charge in [-0.1, -0.05) is 0 Å². The van der Waals surface area contributed by atoms with Gasteiger partial charge in [-0.25, -0.2) is 9.37 Å². The van der Waals surface area contributed by atoms with Gasteiger partial charge in [0, 0.05) is 11.8 Å². The van der Waals surface area contributed by atoms with Crippen LogP contribution in [0.5, 0.6) is 5.88 Å². The van der Waals surface area contributed by atoms with Crippen molar-refractivity contribution in [2.45, 2.75) is 25.4 Å². The molecule has 2 aromatic carbocycles.